The highest BCUT2D eigenvalue weighted by molar-refractivity contribution is 5.47. The average molecular weight is 287 g/mol. The molecule has 2 heterocycles. The Labute approximate surface area is 112 Å². The molecule has 20 heavy (non-hydrogen) atoms. The second kappa shape index (κ2) is 5.76. The van der Waals surface area contributed by atoms with Crippen molar-refractivity contribution in [3.63, 3.8) is 0 Å². The van der Waals surface area contributed by atoms with Gasteiger partial charge in [0, 0.05) is 18.7 Å². The molecule has 0 aliphatic carbocycles. The maximum Gasteiger partial charge on any atom is 0.451 e. The lowest BCUT2D eigenvalue weighted by molar-refractivity contribution is -0.144. The summed E-state index contributed by atoms with van der Waals surface area (Å²) >= 11 is 0. The fraction of sp³-hybridized carbons (Fsp3) is 0.364. The molecule has 0 aliphatic heterocycles. The molecule has 2 rings (SSSR count). The van der Waals surface area contributed by atoms with Gasteiger partial charge in [-0.25, -0.2) is 9.97 Å². The molecule has 0 radical (unpaired) electrons. The van der Waals surface area contributed by atoms with E-state index in [1.165, 1.54) is 12.3 Å². The Morgan fingerprint density at radius 2 is 1.90 bits per heavy atom. The molecule has 0 spiro atoms. The first-order chi connectivity index (χ1) is 9.49. The number of hydrogen-bond acceptors (Lipinski definition) is 6. The van der Waals surface area contributed by atoms with Crippen molar-refractivity contribution in [2.75, 3.05) is 17.2 Å². The van der Waals surface area contributed by atoms with Crippen LogP contribution in [0.3, 0.4) is 0 Å². The summed E-state index contributed by atoms with van der Waals surface area (Å²) in [5.41, 5.74) is 0. The van der Waals surface area contributed by atoms with Gasteiger partial charge in [0.25, 0.3) is 0 Å². The maximum absolute atomic E-state index is 12.7. The van der Waals surface area contributed by atoms with Gasteiger partial charge in [0.2, 0.25) is 5.82 Å². The Kier molecular flexibility index (Phi) is 4.06. The van der Waals surface area contributed by atoms with Crippen LogP contribution in [0.25, 0.3) is 0 Å². The van der Waals surface area contributed by atoms with Crippen LogP contribution in [0, 0.1) is 0 Å². The third kappa shape index (κ3) is 3.59. The van der Waals surface area contributed by atoms with Crippen LogP contribution in [0.1, 0.15) is 18.5 Å². The lowest BCUT2D eigenvalue weighted by Crippen LogP contribution is -2.15. The zero-order chi connectivity index (χ0) is 14.6. The smallest absolute Gasteiger partial charge is 0.370 e. The van der Waals surface area contributed by atoms with Crippen LogP contribution >= 0.6 is 0 Å². The second-order valence-electron chi connectivity index (χ2n) is 3.82. The predicted octanol–water partition coefficient (Wildman–Crippen LogP) is 2.53. The fourth-order valence-corrected chi connectivity index (χ4v) is 1.45. The largest absolute Gasteiger partial charge is 0.451 e. The summed E-state index contributed by atoms with van der Waals surface area (Å²) in [6.45, 7) is 2.40. The molecular weight excluding hydrogens is 275 g/mol. The molecule has 2 aromatic heterocycles. The molecule has 0 saturated carbocycles. The fourth-order valence-electron chi connectivity index (χ4n) is 1.45. The van der Waals surface area contributed by atoms with Crippen molar-refractivity contribution in [2.45, 2.75) is 19.6 Å². The van der Waals surface area contributed by atoms with Gasteiger partial charge in [-0.1, -0.05) is 5.16 Å². The lowest BCUT2D eigenvalue weighted by atomic mass is 10.4. The van der Waals surface area contributed by atoms with Gasteiger partial charge in [-0.15, -0.1) is 0 Å². The van der Waals surface area contributed by atoms with Gasteiger partial charge in [0.1, 0.15) is 11.6 Å². The molecule has 0 fully saturated rings. The Morgan fingerprint density at radius 1 is 1.20 bits per heavy atom. The normalized spacial score (nSPS) is 11.4. The molecule has 0 saturated heterocycles. The Balaban J connectivity index is 2.20. The van der Waals surface area contributed by atoms with Gasteiger partial charge in [0.15, 0.2) is 5.76 Å². The number of anilines is 2. The number of alkyl halides is 3. The van der Waals surface area contributed by atoms with Crippen molar-refractivity contribution in [3.05, 3.63) is 29.9 Å². The maximum atomic E-state index is 12.7. The van der Waals surface area contributed by atoms with E-state index in [4.69, 9.17) is 4.52 Å². The van der Waals surface area contributed by atoms with Crippen LogP contribution in [0.4, 0.5) is 24.8 Å². The molecule has 0 bridgehead atoms. The van der Waals surface area contributed by atoms with Crippen LogP contribution in [0.15, 0.2) is 22.9 Å². The first-order valence-corrected chi connectivity index (χ1v) is 5.82. The molecular formula is C11H12F3N5O. The minimum atomic E-state index is -4.60. The topological polar surface area (TPSA) is 75.9 Å². The van der Waals surface area contributed by atoms with Gasteiger partial charge in [0.05, 0.1) is 12.7 Å². The van der Waals surface area contributed by atoms with Gasteiger partial charge >= 0.3 is 6.18 Å². The zero-order valence-electron chi connectivity index (χ0n) is 10.5. The first kappa shape index (κ1) is 14.1. The Hall–Kier alpha value is -2.32. The SMILES string of the molecule is CCNc1cc(NCc2ccno2)nc(C(F)(F)F)n1. The van der Waals surface area contributed by atoms with Crippen molar-refractivity contribution in [2.24, 2.45) is 0 Å². The van der Waals surface area contributed by atoms with E-state index in [1.54, 1.807) is 13.0 Å². The van der Waals surface area contributed by atoms with E-state index in [2.05, 4.69) is 25.8 Å². The lowest BCUT2D eigenvalue weighted by Gasteiger charge is -2.11. The first-order valence-electron chi connectivity index (χ1n) is 5.82. The van der Waals surface area contributed by atoms with E-state index in [-0.39, 0.29) is 18.2 Å². The molecule has 2 aromatic rings. The van der Waals surface area contributed by atoms with E-state index in [9.17, 15) is 13.2 Å². The average Bonchev–Trinajstić information content (AvgIpc) is 2.88. The van der Waals surface area contributed by atoms with Gasteiger partial charge in [-0.3, -0.25) is 0 Å². The molecule has 0 aromatic carbocycles. The van der Waals surface area contributed by atoms with Crippen LogP contribution < -0.4 is 10.6 Å². The highest BCUT2D eigenvalue weighted by Crippen LogP contribution is 2.28. The third-order valence-corrected chi connectivity index (χ3v) is 2.27. The highest BCUT2D eigenvalue weighted by atomic mass is 19.4. The quantitative estimate of drug-likeness (QED) is 0.880. The number of halogens is 3. The Bertz CT molecular complexity index is 556. The molecule has 9 heteroatoms. The highest BCUT2D eigenvalue weighted by Gasteiger charge is 2.35. The Morgan fingerprint density at radius 3 is 2.45 bits per heavy atom. The molecule has 0 unspecified atom stereocenters. The van der Waals surface area contributed by atoms with Crippen LogP contribution in [0.5, 0.6) is 0 Å². The molecule has 0 amide bonds. The van der Waals surface area contributed by atoms with E-state index in [1.807, 2.05) is 0 Å². The van der Waals surface area contributed by atoms with E-state index in [0.717, 1.165) is 0 Å². The summed E-state index contributed by atoms with van der Waals surface area (Å²) in [5, 5.41) is 8.96. The molecule has 2 N–H and O–H groups in total. The molecule has 6 nitrogen and oxygen atoms in total. The summed E-state index contributed by atoms with van der Waals surface area (Å²) in [6.07, 6.45) is -3.16. The monoisotopic (exact) mass is 287 g/mol. The minimum absolute atomic E-state index is 0.0553. The summed E-state index contributed by atoms with van der Waals surface area (Å²) in [4.78, 5) is 6.85. The van der Waals surface area contributed by atoms with Crippen LogP contribution in [0.2, 0.25) is 0 Å². The van der Waals surface area contributed by atoms with Crippen LogP contribution in [-0.2, 0) is 12.7 Å². The number of nitrogens with one attached hydrogen (secondary N) is 2. The molecule has 0 atom stereocenters. The molecule has 108 valence electrons. The second-order valence-corrected chi connectivity index (χ2v) is 3.82. The van der Waals surface area contributed by atoms with Gasteiger partial charge < -0.3 is 15.2 Å². The van der Waals surface area contributed by atoms with Gasteiger partial charge in [-0.05, 0) is 6.92 Å². The number of nitrogens with zero attached hydrogens (tertiary/aromatic N) is 3. The minimum Gasteiger partial charge on any atom is -0.370 e. The zero-order valence-corrected chi connectivity index (χ0v) is 10.5. The summed E-state index contributed by atoms with van der Waals surface area (Å²) in [5.74, 6) is -0.548. The number of aromatic nitrogens is 3. The number of hydrogen-bond donors (Lipinski definition) is 2. The third-order valence-electron chi connectivity index (χ3n) is 2.27. The van der Waals surface area contributed by atoms with Gasteiger partial charge in [-0.2, -0.15) is 13.2 Å². The standard InChI is InChI=1S/C11H12F3N5O/c1-2-15-8-5-9(16-6-7-3-4-17-20-7)19-10(18-8)11(12,13)14/h3-5H,2,6H2,1H3,(H2,15,16,18,19). The summed E-state index contributed by atoms with van der Waals surface area (Å²) in [6, 6.07) is 3.00. The van der Waals surface area contributed by atoms with E-state index >= 15 is 0 Å². The van der Waals surface area contributed by atoms with Crippen molar-refractivity contribution in [1.82, 2.24) is 15.1 Å². The van der Waals surface area contributed by atoms with Crippen molar-refractivity contribution < 1.29 is 17.7 Å². The van der Waals surface area contributed by atoms with E-state index < -0.39 is 12.0 Å². The number of rotatable bonds is 5. The predicted molar refractivity (Wildman–Crippen MR) is 65.0 cm³/mol. The van der Waals surface area contributed by atoms with E-state index in [0.29, 0.717) is 12.3 Å². The van der Waals surface area contributed by atoms with Crippen molar-refractivity contribution in [3.8, 4) is 0 Å². The molecule has 0 aliphatic rings. The summed E-state index contributed by atoms with van der Waals surface area (Å²) < 4.78 is 42.9. The van der Waals surface area contributed by atoms with Crippen LogP contribution in [-0.4, -0.2) is 21.7 Å². The van der Waals surface area contributed by atoms with Crippen molar-refractivity contribution in [1.29, 1.82) is 0 Å². The van der Waals surface area contributed by atoms with Crippen molar-refractivity contribution >= 4 is 11.6 Å². The summed E-state index contributed by atoms with van der Waals surface area (Å²) in [7, 11) is 0.